The van der Waals surface area contributed by atoms with E-state index >= 15 is 0 Å². The SMILES string of the molecule is O=C(CSCc1ccccc1)N(Cc1ccccn1)c1nc2ccccc2s1. The van der Waals surface area contributed by atoms with E-state index in [2.05, 4.69) is 22.1 Å². The lowest BCUT2D eigenvalue weighted by atomic mass is 10.2. The number of nitrogens with zero attached hydrogens (tertiary/aromatic N) is 3. The largest absolute Gasteiger partial charge is 0.281 e. The van der Waals surface area contributed by atoms with Gasteiger partial charge in [0.1, 0.15) is 0 Å². The van der Waals surface area contributed by atoms with Gasteiger partial charge in [-0.15, -0.1) is 11.8 Å². The molecule has 2 aromatic heterocycles. The summed E-state index contributed by atoms with van der Waals surface area (Å²) in [6.07, 6.45) is 1.75. The summed E-state index contributed by atoms with van der Waals surface area (Å²) in [7, 11) is 0. The summed E-state index contributed by atoms with van der Waals surface area (Å²) >= 11 is 3.16. The molecule has 0 N–H and O–H groups in total. The minimum absolute atomic E-state index is 0.0469. The molecule has 0 radical (unpaired) electrons. The lowest BCUT2D eigenvalue weighted by Crippen LogP contribution is -2.32. The molecule has 1 amide bonds. The minimum atomic E-state index is 0.0469. The Hall–Kier alpha value is -2.70. The Morgan fingerprint density at radius 3 is 2.54 bits per heavy atom. The predicted molar refractivity (Wildman–Crippen MR) is 118 cm³/mol. The third-order valence-corrected chi connectivity index (χ3v) is 6.25. The third-order valence-electron chi connectivity index (χ3n) is 4.20. The van der Waals surface area contributed by atoms with E-state index in [1.54, 1.807) is 22.9 Å². The maximum Gasteiger partial charge on any atom is 0.239 e. The molecule has 6 heteroatoms. The fraction of sp³-hybridized carbons (Fsp3) is 0.136. The second kappa shape index (κ2) is 8.99. The average molecular weight is 406 g/mol. The highest BCUT2D eigenvalue weighted by Gasteiger charge is 2.20. The molecule has 0 atom stereocenters. The van der Waals surface area contributed by atoms with Crippen LogP contribution in [0.2, 0.25) is 0 Å². The van der Waals surface area contributed by atoms with Crippen LogP contribution in [-0.4, -0.2) is 21.6 Å². The molecule has 4 aromatic rings. The van der Waals surface area contributed by atoms with Crippen molar-refractivity contribution >= 4 is 44.4 Å². The number of para-hydroxylation sites is 1. The van der Waals surface area contributed by atoms with Gasteiger partial charge in [-0.05, 0) is 29.8 Å². The Kier molecular flexibility index (Phi) is 5.99. The highest BCUT2D eigenvalue weighted by Crippen LogP contribution is 2.30. The van der Waals surface area contributed by atoms with E-state index in [-0.39, 0.29) is 5.91 Å². The first-order valence-corrected chi connectivity index (χ1v) is 10.9. The van der Waals surface area contributed by atoms with Crippen molar-refractivity contribution < 1.29 is 4.79 Å². The molecule has 4 nitrogen and oxygen atoms in total. The molecule has 4 rings (SSSR count). The lowest BCUT2D eigenvalue weighted by Gasteiger charge is -2.19. The fourth-order valence-electron chi connectivity index (χ4n) is 2.80. The van der Waals surface area contributed by atoms with Gasteiger partial charge in [0.05, 0.1) is 28.2 Å². The summed E-state index contributed by atoms with van der Waals surface area (Å²) in [4.78, 5) is 23.9. The number of anilines is 1. The summed E-state index contributed by atoms with van der Waals surface area (Å²) < 4.78 is 1.08. The quantitative estimate of drug-likeness (QED) is 0.426. The van der Waals surface area contributed by atoms with Gasteiger partial charge in [-0.2, -0.15) is 0 Å². The van der Waals surface area contributed by atoms with E-state index in [1.165, 1.54) is 16.9 Å². The van der Waals surface area contributed by atoms with Crippen molar-refractivity contribution in [2.24, 2.45) is 0 Å². The Labute approximate surface area is 172 Å². The maximum atomic E-state index is 13.1. The maximum absolute atomic E-state index is 13.1. The predicted octanol–water partition coefficient (Wildman–Crippen LogP) is 5.16. The van der Waals surface area contributed by atoms with Gasteiger partial charge < -0.3 is 0 Å². The van der Waals surface area contributed by atoms with E-state index < -0.39 is 0 Å². The Morgan fingerprint density at radius 1 is 0.964 bits per heavy atom. The second-order valence-electron chi connectivity index (χ2n) is 6.24. The standard InChI is InChI=1S/C22H19N3OS2/c26-21(16-27-15-17-8-2-1-3-9-17)25(14-18-10-6-7-13-23-18)22-24-19-11-4-5-12-20(19)28-22/h1-13H,14-16H2. The van der Waals surface area contributed by atoms with E-state index in [1.807, 2.05) is 60.7 Å². The number of rotatable bonds is 7. The van der Waals surface area contributed by atoms with Crippen molar-refractivity contribution in [3.63, 3.8) is 0 Å². The summed E-state index contributed by atoms with van der Waals surface area (Å²) in [5.74, 6) is 1.26. The molecular weight excluding hydrogens is 386 g/mol. The van der Waals surface area contributed by atoms with Crippen LogP contribution in [0.1, 0.15) is 11.3 Å². The third kappa shape index (κ3) is 4.58. The Balaban J connectivity index is 1.52. The van der Waals surface area contributed by atoms with Gasteiger partial charge in [-0.25, -0.2) is 4.98 Å². The minimum Gasteiger partial charge on any atom is -0.281 e. The van der Waals surface area contributed by atoms with Gasteiger partial charge in [0.2, 0.25) is 5.91 Å². The number of hydrogen-bond donors (Lipinski definition) is 0. The van der Waals surface area contributed by atoms with Crippen molar-refractivity contribution in [3.8, 4) is 0 Å². The normalized spacial score (nSPS) is 10.9. The van der Waals surface area contributed by atoms with Gasteiger partial charge in [-0.1, -0.05) is 59.9 Å². The lowest BCUT2D eigenvalue weighted by molar-refractivity contribution is -0.116. The van der Waals surface area contributed by atoms with Crippen molar-refractivity contribution in [1.29, 1.82) is 0 Å². The highest BCUT2D eigenvalue weighted by atomic mass is 32.2. The molecule has 0 aliphatic carbocycles. The molecule has 0 aliphatic heterocycles. The van der Waals surface area contributed by atoms with Gasteiger partial charge in [0, 0.05) is 11.9 Å². The van der Waals surface area contributed by atoms with Gasteiger partial charge in [0.25, 0.3) is 0 Å². The summed E-state index contributed by atoms with van der Waals surface area (Å²) in [5.41, 5.74) is 2.98. The number of fused-ring (bicyclic) bond motifs is 1. The summed E-state index contributed by atoms with van der Waals surface area (Å²) in [6.45, 7) is 0.422. The molecule has 0 saturated heterocycles. The number of hydrogen-bond acceptors (Lipinski definition) is 5. The van der Waals surface area contributed by atoms with Crippen LogP contribution in [-0.2, 0) is 17.1 Å². The second-order valence-corrected chi connectivity index (χ2v) is 8.24. The first-order valence-electron chi connectivity index (χ1n) is 8.97. The molecular formula is C22H19N3OS2. The van der Waals surface area contributed by atoms with Crippen LogP contribution in [0.25, 0.3) is 10.2 Å². The highest BCUT2D eigenvalue weighted by molar-refractivity contribution is 7.99. The molecule has 0 saturated carbocycles. The topological polar surface area (TPSA) is 46.1 Å². The number of thioether (sulfide) groups is 1. The first kappa shape index (κ1) is 18.7. The number of carbonyl (C=O) groups is 1. The molecule has 0 bridgehead atoms. The van der Waals surface area contributed by atoms with Crippen LogP contribution in [0.4, 0.5) is 5.13 Å². The first-order chi connectivity index (χ1) is 13.8. The zero-order valence-corrected chi connectivity index (χ0v) is 16.8. The van der Waals surface area contributed by atoms with Gasteiger partial charge in [0.15, 0.2) is 5.13 Å². The Bertz CT molecular complexity index is 1020. The molecule has 140 valence electrons. The zero-order chi connectivity index (χ0) is 19.2. The smallest absolute Gasteiger partial charge is 0.239 e. The number of amides is 1. The van der Waals surface area contributed by atoms with Gasteiger partial charge in [-0.3, -0.25) is 14.7 Å². The van der Waals surface area contributed by atoms with Gasteiger partial charge >= 0.3 is 0 Å². The number of pyridine rings is 1. The Morgan fingerprint density at radius 2 is 1.75 bits per heavy atom. The van der Waals surface area contributed by atoms with Crippen molar-refractivity contribution in [2.75, 3.05) is 10.7 Å². The summed E-state index contributed by atoms with van der Waals surface area (Å²) in [6, 6.07) is 23.9. The summed E-state index contributed by atoms with van der Waals surface area (Å²) in [5, 5.41) is 0.720. The number of benzene rings is 2. The molecule has 0 aliphatic rings. The monoisotopic (exact) mass is 405 g/mol. The zero-order valence-electron chi connectivity index (χ0n) is 15.2. The molecule has 2 aromatic carbocycles. The van der Waals surface area contributed by atoms with Crippen LogP contribution in [0.5, 0.6) is 0 Å². The number of carbonyl (C=O) groups excluding carboxylic acids is 1. The molecule has 2 heterocycles. The van der Waals surface area contributed by atoms with Crippen LogP contribution in [0.15, 0.2) is 79.0 Å². The van der Waals surface area contributed by atoms with Crippen LogP contribution in [0.3, 0.4) is 0 Å². The van der Waals surface area contributed by atoms with Crippen molar-refractivity contribution in [3.05, 3.63) is 90.3 Å². The fourth-order valence-corrected chi connectivity index (χ4v) is 4.64. The molecule has 0 unspecified atom stereocenters. The number of aromatic nitrogens is 2. The molecule has 0 fully saturated rings. The number of thiazole rings is 1. The van der Waals surface area contributed by atoms with E-state index in [0.29, 0.717) is 12.3 Å². The average Bonchev–Trinajstić information content (AvgIpc) is 3.17. The van der Waals surface area contributed by atoms with E-state index in [9.17, 15) is 4.79 Å². The van der Waals surface area contributed by atoms with E-state index in [4.69, 9.17) is 0 Å². The van der Waals surface area contributed by atoms with Crippen LogP contribution in [0, 0.1) is 0 Å². The van der Waals surface area contributed by atoms with E-state index in [0.717, 1.165) is 26.8 Å². The molecule has 0 spiro atoms. The van der Waals surface area contributed by atoms with Crippen molar-refractivity contribution in [2.45, 2.75) is 12.3 Å². The van der Waals surface area contributed by atoms with Crippen LogP contribution >= 0.6 is 23.1 Å². The van der Waals surface area contributed by atoms with Crippen LogP contribution < -0.4 is 4.90 Å². The molecule has 28 heavy (non-hydrogen) atoms. The van der Waals surface area contributed by atoms with Crippen molar-refractivity contribution in [1.82, 2.24) is 9.97 Å².